The first kappa shape index (κ1) is 67.4. The number of unbranched alkanes of at least 4 members (excludes halogenated alkanes) is 39. The lowest BCUT2D eigenvalue weighted by Gasteiger charge is -2.40. The predicted molar refractivity (Wildman–Crippen MR) is 300 cm³/mol. The summed E-state index contributed by atoms with van der Waals surface area (Å²) >= 11 is 0. The molecule has 1 amide bonds. The van der Waals surface area contributed by atoms with Crippen LogP contribution in [-0.4, -0.2) is 87.5 Å². The zero-order chi connectivity index (χ0) is 51.5. The van der Waals surface area contributed by atoms with E-state index in [1.807, 2.05) is 6.08 Å². The Morgan fingerprint density at radius 2 is 0.831 bits per heavy atom. The Hall–Kier alpha value is -1.59. The van der Waals surface area contributed by atoms with Crippen molar-refractivity contribution >= 4 is 5.91 Å². The Kier molecular flexibility index (Phi) is 49.3. The van der Waals surface area contributed by atoms with Crippen LogP contribution in [0.5, 0.6) is 0 Å². The summed E-state index contributed by atoms with van der Waals surface area (Å²) < 4.78 is 11.3. The number of aliphatic hydroxyl groups excluding tert-OH is 5. The number of amides is 1. The summed E-state index contributed by atoms with van der Waals surface area (Å²) in [7, 11) is 0. The number of hydrogen-bond donors (Lipinski definition) is 6. The van der Waals surface area contributed by atoms with Crippen molar-refractivity contribution in [2.45, 2.75) is 339 Å². The molecule has 1 heterocycles. The molecule has 9 nitrogen and oxygen atoms in total. The van der Waals surface area contributed by atoms with Gasteiger partial charge < -0.3 is 40.3 Å². The molecule has 1 aliphatic rings. The van der Waals surface area contributed by atoms with E-state index in [2.05, 4.69) is 43.5 Å². The van der Waals surface area contributed by atoms with Gasteiger partial charge in [-0.3, -0.25) is 4.79 Å². The van der Waals surface area contributed by atoms with Crippen molar-refractivity contribution in [3.8, 4) is 0 Å². The summed E-state index contributed by atoms with van der Waals surface area (Å²) in [5.41, 5.74) is 0. The number of nitrogens with one attached hydrogen (secondary N) is 1. The number of carbonyl (C=O) groups excluding carboxylic acids is 1. The lowest BCUT2D eigenvalue weighted by atomic mass is 9.99. The molecule has 418 valence electrons. The van der Waals surface area contributed by atoms with Crippen molar-refractivity contribution in [1.29, 1.82) is 0 Å². The number of carbonyl (C=O) groups is 1. The van der Waals surface area contributed by atoms with E-state index < -0.39 is 49.5 Å². The third-order valence-corrected chi connectivity index (χ3v) is 14.7. The van der Waals surface area contributed by atoms with E-state index in [4.69, 9.17) is 9.47 Å². The molecule has 0 radical (unpaired) electrons. The third-order valence-electron chi connectivity index (χ3n) is 14.7. The van der Waals surface area contributed by atoms with Crippen molar-refractivity contribution in [3.63, 3.8) is 0 Å². The minimum Gasteiger partial charge on any atom is -0.394 e. The van der Waals surface area contributed by atoms with Crippen LogP contribution in [0.2, 0.25) is 0 Å². The molecule has 0 aliphatic carbocycles. The normalized spacial score (nSPS) is 19.5. The Balaban J connectivity index is 2.14. The maximum atomic E-state index is 13.1. The Labute approximate surface area is 438 Å². The van der Waals surface area contributed by atoms with Gasteiger partial charge in [0.1, 0.15) is 24.4 Å². The predicted octanol–water partition coefficient (Wildman–Crippen LogP) is 15.5. The minimum absolute atomic E-state index is 0.172. The summed E-state index contributed by atoms with van der Waals surface area (Å²) in [5, 5.41) is 54.5. The van der Waals surface area contributed by atoms with Crippen LogP contribution in [-0.2, 0) is 14.3 Å². The highest BCUT2D eigenvalue weighted by Gasteiger charge is 2.44. The summed E-state index contributed by atoms with van der Waals surface area (Å²) in [6.07, 6.45) is 60.8. The minimum atomic E-state index is -1.57. The van der Waals surface area contributed by atoms with Gasteiger partial charge in [-0.15, -0.1) is 0 Å². The topological polar surface area (TPSA) is 149 Å². The number of allylic oxidation sites excluding steroid dienone is 5. The number of rotatable bonds is 53. The molecule has 0 aromatic heterocycles. The van der Waals surface area contributed by atoms with E-state index in [1.54, 1.807) is 6.08 Å². The van der Waals surface area contributed by atoms with Crippen LogP contribution >= 0.6 is 0 Å². The first-order valence-electron chi connectivity index (χ1n) is 30.7. The summed E-state index contributed by atoms with van der Waals surface area (Å²) in [4.78, 5) is 13.1. The molecule has 0 saturated carbocycles. The van der Waals surface area contributed by atoms with Gasteiger partial charge in [-0.1, -0.05) is 275 Å². The number of ether oxygens (including phenoxy) is 2. The third kappa shape index (κ3) is 41.4. The van der Waals surface area contributed by atoms with Crippen LogP contribution in [0.4, 0.5) is 0 Å². The fourth-order valence-electron chi connectivity index (χ4n) is 9.84. The molecule has 7 atom stereocenters. The number of aliphatic hydroxyl groups is 5. The largest absolute Gasteiger partial charge is 0.394 e. The van der Waals surface area contributed by atoms with E-state index in [0.29, 0.717) is 6.42 Å². The van der Waals surface area contributed by atoms with Crippen LogP contribution < -0.4 is 5.32 Å². The van der Waals surface area contributed by atoms with Crippen molar-refractivity contribution in [3.05, 3.63) is 36.5 Å². The van der Waals surface area contributed by atoms with Crippen LogP contribution in [0.3, 0.4) is 0 Å². The van der Waals surface area contributed by atoms with Crippen molar-refractivity contribution in [2.75, 3.05) is 13.2 Å². The van der Waals surface area contributed by atoms with Gasteiger partial charge in [0, 0.05) is 6.42 Å². The zero-order valence-corrected chi connectivity index (χ0v) is 46.5. The number of hydrogen-bond acceptors (Lipinski definition) is 8. The fourth-order valence-corrected chi connectivity index (χ4v) is 9.84. The zero-order valence-electron chi connectivity index (χ0n) is 46.5. The summed E-state index contributed by atoms with van der Waals surface area (Å²) in [6.45, 7) is 3.80. The van der Waals surface area contributed by atoms with E-state index in [-0.39, 0.29) is 12.5 Å². The Morgan fingerprint density at radius 1 is 0.479 bits per heavy atom. The van der Waals surface area contributed by atoms with Gasteiger partial charge in [0.05, 0.1) is 25.4 Å². The molecular formula is C62H117NO8. The second kappa shape index (κ2) is 51.9. The smallest absolute Gasteiger partial charge is 0.220 e. The molecule has 9 heteroatoms. The highest BCUT2D eigenvalue weighted by molar-refractivity contribution is 5.76. The Bertz CT molecular complexity index is 1210. The lowest BCUT2D eigenvalue weighted by molar-refractivity contribution is -0.302. The molecule has 1 fully saturated rings. The fraction of sp³-hybridized carbons (Fsp3) is 0.887. The first-order chi connectivity index (χ1) is 34.8. The molecule has 71 heavy (non-hydrogen) atoms. The van der Waals surface area contributed by atoms with Crippen LogP contribution in [0.25, 0.3) is 0 Å². The molecule has 1 saturated heterocycles. The second-order valence-electron chi connectivity index (χ2n) is 21.5. The van der Waals surface area contributed by atoms with Gasteiger partial charge in [0.15, 0.2) is 6.29 Å². The van der Waals surface area contributed by atoms with Gasteiger partial charge in [0.2, 0.25) is 5.91 Å². The second-order valence-corrected chi connectivity index (χ2v) is 21.5. The summed E-state index contributed by atoms with van der Waals surface area (Å²) in [5.74, 6) is -0.172. The molecular weight excluding hydrogens is 887 g/mol. The van der Waals surface area contributed by atoms with Crippen molar-refractivity contribution in [2.24, 2.45) is 0 Å². The molecule has 0 spiro atoms. The molecule has 1 aliphatic heterocycles. The van der Waals surface area contributed by atoms with Gasteiger partial charge in [0.25, 0.3) is 0 Å². The average molecular weight is 1000 g/mol. The molecule has 1 rings (SSSR count). The SMILES string of the molecule is CCCCCCC/C=C\C/C=C\CCCCCCCCCCCCCCCCCCCCCC(=O)NC(COC1OC(CO)C(O)C(O)C1O)C(O)/C=C/CCCCCCCCCCCCCCCCC. The highest BCUT2D eigenvalue weighted by atomic mass is 16.7. The summed E-state index contributed by atoms with van der Waals surface area (Å²) in [6, 6.07) is -0.803. The average Bonchev–Trinajstić information content (AvgIpc) is 3.37. The maximum absolute atomic E-state index is 13.1. The highest BCUT2D eigenvalue weighted by Crippen LogP contribution is 2.23. The lowest BCUT2D eigenvalue weighted by Crippen LogP contribution is -2.60. The van der Waals surface area contributed by atoms with E-state index in [0.717, 1.165) is 44.9 Å². The van der Waals surface area contributed by atoms with Gasteiger partial charge in [-0.25, -0.2) is 0 Å². The van der Waals surface area contributed by atoms with Crippen molar-refractivity contribution in [1.82, 2.24) is 5.32 Å². The molecule has 0 aromatic carbocycles. The molecule has 0 bridgehead atoms. The van der Waals surface area contributed by atoms with E-state index >= 15 is 0 Å². The molecule has 7 unspecified atom stereocenters. The van der Waals surface area contributed by atoms with E-state index in [1.165, 1.54) is 231 Å². The van der Waals surface area contributed by atoms with Crippen LogP contribution in [0.15, 0.2) is 36.5 Å². The van der Waals surface area contributed by atoms with Crippen molar-refractivity contribution < 1.29 is 39.8 Å². The maximum Gasteiger partial charge on any atom is 0.220 e. The standard InChI is InChI=1S/C62H117NO8/c1-3-5-7-9-11-13-15-17-19-21-22-23-24-25-26-27-28-29-30-31-32-33-34-36-38-40-42-44-46-48-50-52-58(66)63-55(54-70-62-61(69)60(68)59(67)57(53-64)71-62)56(65)51-49-47-45-43-41-39-37-35-20-18-16-14-12-10-8-6-4-2/h15,17,21-22,49,51,55-57,59-62,64-65,67-69H,3-14,16,18-20,23-48,50,52-54H2,1-2H3,(H,63,66)/b17-15-,22-21-,51-49+. The monoisotopic (exact) mass is 1000 g/mol. The van der Waals surface area contributed by atoms with Gasteiger partial charge >= 0.3 is 0 Å². The Morgan fingerprint density at radius 3 is 1.21 bits per heavy atom. The van der Waals surface area contributed by atoms with E-state index in [9.17, 15) is 30.3 Å². The van der Waals surface area contributed by atoms with Gasteiger partial charge in [-0.05, 0) is 51.4 Å². The van der Waals surface area contributed by atoms with Crippen LogP contribution in [0, 0.1) is 0 Å². The first-order valence-corrected chi connectivity index (χ1v) is 30.7. The van der Waals surface area contributed by atoms with Gasteiger partial charge in [-0.2, -0.15) is 0 Å². The molecule has 0 aromatic rings. The quantitative estimate of drug-likeness (QED) is 0.0261. The molecule has 6 N–H and O–H groups in total. The van der Waals surface area contributed by atoms with Crippen LogP contribution in [0.1, 0.15) is 296 Å².